The molecular weight excluding hydrogens is 603 g/mol. The number of nitriles is 1. The molecule has 0 bridgehead atoms. The number of benzene rings is 2. The van der Waals surface area contributed by atoms with Gasteiger partial charge in [0.1, 0.15) is 17.6 Å². The number of pyridine rings is 1. The first-order chi connectivity index (χ1) is 22.9. The highest BCUT2D eigenvalue weighted by molar-refractivity contribution is 6.02. The molecule has 2 aliphatic rings. The Morgan fingerprint density at radius 2 is 1.87 bits per heavy atom. The maximum atomic E-state index is 14.3. The van der Waals surface area contributed by atoms with Gasteiger partial charge in [-0.1, -0.05) is 12.1 Å². The Balaban J connectivity index is 1.31. The summed E-state index contributed by atoms with van der Waals surface area (Å²) in [5.74, 6) is 0.260. The summed E-state index contributed by atoms with van der Waals surface area (Å²) in [6.45, 7) is 4.68. The minimum atomic E-state index is -0.650. The standard InChI is InChI=1S/C35H31FN6O5/c1-20-18-38-33(46-20)30-26(7-4-21-9-13-45-14-10-21)39-32-31(34(43)42-12-2-11-41(32)42)29(30)23-6-8-27-28(16-23)47-35(44)40(27)19-22-3-5-24(17-37)25(36)15-22/h3,5-6,8,15-16,18,21H,2,4,7,9-14,19H2,1H3. The zero-order valence-corrected chi connectivity index (χ0v) is 25.8. The molecule has 8 rings (SSSR count). The van der Waals surface area contributed by atoms with Gasteiger partial charge in [-0.15, -0.1) is 0 Å². The van der Waals surface area contributed by atoms with E-state index in [9.17, 15) is 14.0 Å². The van der Waals surface area contributed by atoms with Crippen LogP contribution in [0, 0.1) is 30.0 Å². The highest BCUT2D eigenvalue weighted by Gasteiger charge is 2.30. The number of ether oxygens (including phenoxy) is 1. The molecule has 0 unspecified atom stereocenters. The monoisotopic (exact) mass is 634 g/mol. The number of halogens is 1. The van der Waals surface area contributed by atoms with Crippen LogP contribution >= 0.6 is 0 Å². The van der Waals surface area contributed by atoms with Crippen LogP contribution < -0.4 is 11.3 Å². The predicted octanol–water partition coefficient (Wildman–Crippen LogP) is 5.56. The normalized spacial score (nSPS) is 15.1. The molecule has 1 fully saturated rings. The van der Waals surface area contributed by atoms with Crippen LogP contribution in [0.3, 0.4) is 0 Å². The van der Waals surface area contributed by atoms with Crippen molar-refractivity contribution in [3.63, 3.8) is 0 Å². The van der Waals surface area contributed by atoms with E-state index in [0.29, 0.717) is 81.5 Å². The number of aryl methyl sites for hydroxylation is 3. The second-order valence-corrected chi connectivity index (χ2v) is 12.3. The summed E-state index contributed by atoms with van der Waals surface area (Å²) in [6.07, 6.45) is 6.07. The first kappa shape index (κ1) is 29.1. The molecule has 0 saturated carbocycles. The van der Waals surface area contributed by atoms with Crippen molar-refractivity contribution in [2.45, 2.75) is 58.7 Å². The van der Waals surface area contributed by atoms with Crippen molar-refractivity contribution in [3.8, 4) is 28.7 Å². The number of oxazole rings is 2. The lowest BCUT2D eigenvalue weighted by atomic mass is 9.90. The minimum Gasteiger partial charge on any atom is -0.441 e. The van der Waals surface area contributed by atoms with E-state index in [1.807, 2.05) is 23.7 Å². The van der Waals surface area contributed by atoms with Crippen molar-refractivity contribution >= 4 is 22.1 Å². The number of hydrogen-bond acceptors (Lipinski definition) is 8. The molecule has 0 amide bonds. The van der Waals surface area contributed by atoms with Crippen LogP contribution in [0.1, 0.15) is 48.3 Å². The second-order valence-electron chi connectivity index (χ2n) is 12.3. The van der Waals surface area contributed by atoms with Crippen LogP contribution in [-0.2, 0) is 30.8 Å². The van der Waals surface area contributed by atoms with Crippen molar-refractivity contribution in [1.29, 1.82) is 5.26 Å². The SMILES string of the molecule is Cc1cnc(-c2c(CCC3CCOCC3)nc3c(c2-c2ccc4c(c2)oc(=O)n4Cc2ccc(C#N)c(F)c2)c(=O)n2n3CCC2)o1. The lowest BCUT2D eigenvalue weighted by Crippen LogP contribution is -2.17. The number of hydrogen-bond donors (Lipinski definition) is 0. The summed E-state index contributed by atoms with van der Waals surface area (Å²) in [7, 11) is 0. The number of aromatic nitrogens is 5. The van der Waals surface area contributed by atoms with Crippen LogP contribution in [0.5, 0.6) is 0 Å². The molecule has 0 aliphatic carbocycles. The van der Waals surface area contributed by atoms with Gasteiger partial charge in [0.25, 0.3) is 5.56 Å². The average Bonchev–Trinajstić information content (AvgIpc) is 3.86. The summed E-state index contributed by atoms with van der Waals surface area (Å²) in [4.78, 5) is 36.9. The lowest BCUT2D eigenvalue weighted by molar-refractivity contribution is 0.0639. The predicted molar refractivity (Wildman–Crippen MR) is 170 cm³/mol. The van der Waals surface area contributed by atoms with Gasteiger partial charge >= 0.3 is 5.76 Å². The average molecular weight is 635 g/mol. The zero-order valence-electron chi connectivity index (χ0n) is 25.8. The van der Waals surface area contributed by atoms with Gasteiger partial charge in [0.2, 0.25) is 5.89 Å². The highest BCUT2D eigenvalue weighted by atomic mass is 19.1. The van der Waals surface area contributed by atoms with Crippen LogP contribution in [0.15, 0.2) is 61.0 Å². The van der Waals surface area contributed by atoms with Crippen molar-refractivity contribution < 1.29 is 18.0 Å². The fourth-order valence-corrected chi connectivity index (χ4v) is 7.03. The van der Waals surface area contributed by atoms with Gasteiger partial charge in [0, 0.05) is 31.9 Å². The van der Waals surface area contributed by atoms with Gasteiger partial charge in [-0.05, 0) is 80.3 Å². The Hall–Kier alpha value is -5.28. The minimum absolute atomic E-state index is 0.0536. The molecule has 12 heteroatoms. The van der Waals surface area contributed by atoms with E-state index >= 15 is 0 Å². The number of rotatable bonds is 7. The summed E-state index contributed by atoms with van der Waals surface area (Å²) in [5.41, 5.74) is 4.53. The van der Waals surface area contributed by atoms with Gasteiger partial charge in [-0.25, -0.2) is 23.8 Å². The van der Waals surface area contributed by atoms with E-state index in [4.69, 9.17) is 23.8 Å². The largest absolute Gasteiger partial charge is 0.441 e. The smallest absolute Gasteiger partial charge is 0.420 e. The molecule has 2 aromatic carbocycles. The van der Waals surface area contributed by atoms with E-state index in [-0.39, 0.29) is 17.7 Å². The summed E-state index contributed by atoms with van der Waals surface area (Å²) < 4.78 is 36.9. The van der Waals surface area contributed by atoms with Crippen LogP contribution in [-0.4, -0.2) is 37.1 Å². The zero-order chi connectivity index (χ0) is 32.2. The maximum absolute atomic E-state index is 14.3. The topological polar surface area (TPSA) is 134 Å². The molecule has 0 radical (unpaired) electrons. The summed E-state index contributed by atoms with van der Waals surface area (Å²) >= 11 is 0. The fourth-order valence-electron chi connectivity index (χ4n) is 7.03. The van der Waals surface area contributed by atoms with Gasteiger partial charge < -0.3 is 13.6 Å². The van der Waals surface area contributed by atoms with E-state index in [2.05, 4.69) is 4.98 Å². The molecule has 1 saturated heterocycles. The highest BCUT2D eigenvalue weighted by Crippen LogP contribution is 2.41. The van der Waals surface area contributed by atoms with E-state index in [1.165, 1.54) is 16.7 Å². The van der Waals surface area contributed by atoms with Gasteiger partial charge in [0.05, 0.1) is 40.5 Å². The van der Waals surface area contributed by atoms with Crippen molar-refractivity contribution in [2.24, 2.45) is 5.92 Å². The number of nitrogens with zero attached hydrogens (tertiary/aromatic N) is 6. The molecular formula is C35H31FN6O5. The van der Waals surface area contributed by atoms with Gasteiger partial charge in [-0.2, -0.15) is 5.26 Å². The molecule has 47 heavy (non-hydrogen) atoms. The molecule has 6 heterocycles. The molecule has 6 aromatic rings. The Morgan fingerprint density at radius 3 is 2.64 bits per heavy atom. The maximum Gasteiger partial charge on any atom is 0.420 e. The molecule has 4 aromatic heterocycles. The molecule has 238 valence electrons. The lowest BCUT2D eigenvalue weighted by Gasteiger charge is -2.22. The first-order valence-electron chi connectivity index (χ1n) is 15.9. The Kier molecular flexibility index (Phi) is 7.14. The van der Waals surface area contributed by atoms with E-state index in [0.717, 1.165) is 44.6 Å². The third-order valence-corrected chi connectivity index (χ3v) is 9.39. The van der Waals surface area contributed by atoms with Crippen LogP contribution in [0.25, 0.3) is 44.7 Å². The van der Waals surface area contributed by atoms with Gasteiger partial charge in [0.15, 0.2) is 11.2 Å². The number of fused-ring (bicyclic) bond motifs is 4. The summed E-state index contributed by atoms with van der Waals surface area (Å²) in [5, 5.41) is 9.56. The van der Waals surface area contributed by atoms with Crippen LogP contribution in [0.4, 0.5) is 4.39 Å². The van der Waals surface area contributed by atoms with Crippen molar-refractivity contribution in [3.05, 3.63) is 91.9 Å². The molecule has 0 N–H and O–H groups in total. The van der Waals surface area contributed by atoms with Crippen molar-refractivity contribution in [2.75, 3.05) is 13.2 Å². The quantitative estimate of drug-likeness (QED) is 0.223. The van der Waals surface area contributed by atoms with Crippen molar-refractivity contribution in [1.82, 2.24) is 23.9 Å². The first-order valence-corrected chi connectivity index (χ1v) is 15.9. The van der Waals surface area contributed by atoms with Gasteiger partial charge in [-0.3, -0.25) is 14.0 Å². The third kappa shape index (κ3) is 4.98. The summed E-state index contributed by atoms with van der Waals surface area (Å²) in [6, 6.07) is 11.5. The second kappa shape index (κ2) is 11.5. The fraction of sp³-hybridized carbons (Fsp3) is 0.343. The Morgan fingerprint density at radius 1 is 1.04 bits per heavy atom. The van der Waals surface area contributed by atoms with Crippen LogP contribution in [0.2, 0.25) is 0 Å². The Bertz CT molecular complexity index is 2350. The molecule has 11 nitrogen and oxygen atoms in total. The molecule has 0 atom stereocenters. The van der Waals surface area contributed by atoms with E-state index in [1.54, 1.807) is 29.1 Å². The third-order valence-electron chi connectivity index (χ3n) is 9.39. The molecule has 0 spiro atoms. The van der Waals surface area contributed by atoms with E-state index < -0.39 is 11.6 Å². The Labute approximate surface area is 267 Å². The molecule has 2 aliphatic heterocycles.